The molecule has 1 N–H and O–H groups in total. The van der Waals surface area contributed by atoms with Crippen LogP contribution in [0.15, 0.2) is 53.1 Å². The normalized spacial score (nSPS) is 16.7. The first-order valence-corrected chi connectivity index (χ1v) is 11.5. The Morgan fingerprint density at radius 2 is 1.63 bits per heavy atom. The van der Waals surface area contributed by atoms with Gasteiger partial charge in [0.15, 0.2) is 0 Å². The molecule has 0 radical (unpaired) electrons. The molecule has 2 heterocycles. The van der Waals surface area contributed by atoms with Gasteiger partial charge in [0.25, 0.3) is 0 Å². The van der Waals surface area contributed by atoms with Gasteiger partial charge in [0.2, 0.25) is 17.6 Å². The van der Waals surface area contributed by atoms with Crippen molar-refractivity contribution in [3.05, 3.63) is 60.0 Å². The first-order chi connectivity index (χ1) is 16.8. The summed E-state index contributed by atoms with van der Waals surface area (Å²) in [4.78, 5) is 21.7. The molecule has 1 aliphatic rings. The first-order valence-electron chi connectivity index (χ1n) is 11.5. The second kappa shape index (κ2) is 10.9. The number of alkyl halides is 2. The van der Waals surface area contributed by atoms with Crippen LogP contribution in [0.1, 0.15) is 31.3 Å². The van der Waals surface area contributed by atoms with Crippen LogP contribution in [-0.4, -0.2) is 64.7 Å². The van der Waals surface area contributed by atoms with Crippen molar-refractivity contribution in [2.45, 2.75) is 39.5 Å². The van der Waals surface area contributed by atoms with E-state index < -0.39 is 6.61 Å². The molecule has 35 heavy (non-hydrogen) atoms. The number of nitrogens with zero attached hydrogens (tertiary/aromatic N) is 4. The highest BCUT2D eigenvalue weighted by Crippen LogP contribution is 2.24. The fourth-order valence-electron chi connectivity index (χ4n) is 4.03. The number of ether oxygens (including phenoxy) is 1. The van der Waals surface area contributed by atoms with Crippen LogP contribution in [0.25, 0.3) is 11.4 Å². The van der Waals surface area contributed by atoms with E-state index in [1.807, 2.05) is 45.0 Å². The number of carbonyl (C=O) groups is 1. The van der Waals surface area contributed by atoms with Crippen molar-refractivity contribution in [1.82, 2.24) is 19.9 Å². The third kappa shape index (κ3) is 6.20. The van der Waals surface area contributed by atoms with Gasteiger partial charge in [-0.15, -0.1) is 0 Å². The first kappa shape index (κ1) is 24.7. The summed E-state index contributed by atoms with van der Waals surface area (Å²) >= 11 is 0. The van der Waals surface area contributed by atoms with Gasteiger partial charge in [-0.25, -0.2) is 0 Å². The molecule has 8 nitrogen and oxygen atoms in total. The molecule has 1 saturated heterocycles. The molecule has 0 unspecified atom stereocenters. The Morgan fingerprint density at radius 1 is 1.00 bits per heavy atom. The quantitative estimate of drug-likeness (QED) is 0.508. The van der Waals surface area contributed by atoms with Crippen LogP contribution < -0.4 is 10.1 Å². The summed E-state index contributed by atoms with van der Waals surface area (Å²) in [6, 6.07) is 13.5. The van der Waals surface area contributed by atoms with E-state index in [2.05, 4.69) is 30.0 Å². The molecular formula is C25H29F2N5O3. The van der Waals surface area contributed by atoms with E-state index in [-0.39, 0.29) is 23.7 Å². The van der Waals surface area contributed by atoms with Crippen LogP contribution in [0.2, 0.25) is 0 Å². The molecule has 2 atom stereocenters. The molecule has 0 bridgehead atoms. The van der Waals surface area contributed by atoms with Gasteiger partial charge in [-0.1, -0.05) is 35.0 Å². The molecule has 1 aliphatic heterocycles. The third-order valence-electron chi connectivity index (χ3n) is 6.28. The molecule has 4 rings (SSSR count). The molecule has 2 aromatic carbocycles. The van der Waals surface area contributed by atoms with Crippen LogP contribution in [0.5, 0.6) is 5.75 Å². The van der Waals surface area contributed by atoms with Crippen molar-refractivity contribution < 1.29 is 22.8 Å². The second-order valence-electron chi connectivity index (χ2n) is 8.64. The maximum absolute atomic E-state index is 12.7. The topological polar surface area (TPSA) is 83.7 Å². The summed E-state index contributed by atoms with van der Waals surface area (Å²) in [7, 11) is 0. The molecule has 1 amide bonds. The number of rotatable bonds is 8. The van der Waals surface area contributed by atoms with E-state index >= 15 is 0 Å². The lowest BCUT2D eigenvalue weighted by atomic mass is 10.1. The molecule has 0 saturated carbocycles. The lowest BCUT2D eigenvalue weighted by molar-refractivity contribution is -0.121. The van der Waals surface area contributed by atoms with Crippen LogP contribution in [0.4, 0.5) is 14.5 Å². The minimum Gasteiger partial charge on any atom is -0.435 e. The minimum atomic E-state index is -2.88. The molecular weight excluding hydrogens is 456 g/mol. The van der Waals surface area contributed by atoms with Crippen LogP contribution in [0.3, 0.4) is 0 Å². The lowest BCUT2D eigenvalue weighted by Gasteiger charge is -2.39. The Bertz CT molecular complexity index is 1110. The zero-order valence-corrected chi connectivity index (χ0v) is 19.9. The average Bonchev–Trinajstić information content (AvgIpc) is 3.35. The predicted octanol–water partition coefficient (Wildman–Crippen LogP) is 4.35. The molecule has 1 aromatic heterocycles. The van der Waals surface area contributed by atoms with Crippen molar-refractivity contribution in [2.24, 2.45) is 0 Å². The Hall–Kier alpha value is -3.37. The number of benzene rings is 2. The average molecular weight is 486 g/mol. The highest BCUT2D eigenvalue weighted by Gasteiger charge is 2.30. The number of hydrogen-bond acceptors (Lipinski definition) is 7. The number of piperazine rings is 1. The smallest absolute Gasteiger partial charge is 0.387 e. The third-order valence-corrected chi connectivity index (χ3v) is 6.28. The summed E-state index contributed by atoms with van der Waals surface area (Å²) in [5.74, 6) is 1.03. The largest absolute Gasteiger partial charge is 0.435 e. The van der Waals surface area contributed by atoms with Crippen LogP contribution in [-0.2, 0) is 4.79 Å². The summed E-state index contributed by atoms with van der Waals surface area (Å²) in [5, 5.41) is 6.97. The number of nitrogens with one attached hydrogen (secondary N) is 1. The van der Waals surface area contributed by atoms with E-state index in [0.29, 0.717) is 30.5 Å². The fraction of sp³-hybridized carbons (Fsp3) is 0.400. The zero-order chi connectivity index (χ0) is 24.9. The number of carbonyl (C=O) groups excluding carboxylic acids is 1. The van der Waals surface area contributed by atoms with E-state index in [1.165, 1.54) is 29.8 Å². The highest BCUT2D eigenvalue weighted by molar-refractivity contribution is 5.94. The van der Waals surface area contributed by atoms with Gasteiger partial charge in [0.1, 0.15) is 5.75 Å². The van der Waals surface area contributed by atoms with Gasteiger partial charge in [-0.3, -0.25) is 14.6 Å². The standard InChI is InChI=1S/C25H29F2N5O3/c1-16-4-6-19(7-5-16)22-29-24(35-30-22)18(3)32-14-12-31(13-15-32)17(2)23(33)28-20-8-10-21(11-9-20)34-25(26)27/h4-11,17-18,25H,12-15H2,1-3H3,(H,28,33)/t17-,18-/m1/s1. The molecule has 10 heteroatoms. The Morgan fingerprint density at radius 3 is 2.26 bits per heavy atom. The number of anilines is 1. The maximum Gasteiger partial charge on any atom is 0.387 e. The molecule has 0 spiro atoms. The minimum absolute atomic E-state index is 0.0399. The van der Waals surface area contributed by atoms with Crippen LogP contribution in [0, 0.1) is 6.92 Å². The van der Waals surface area contributed by atoms with Crippen molar-refractivity contribution in [2.75, 3.05) is 31.5 Å². The summed E-state index contributed by atoms with van der Waals surface area (Å²) in [6.07, 6.45) is 0. The van der Waals surface area contributed by atoms with E-state index in [9.17, 15) is 13.6 Å². The van der Waals surface area contributed by atoms with E-state index in [4.69, 9.17) is 4.52 Å². The summed E-state index contributed by atoms with van der Waals surface area (Å²) in [5.41, 5.74) is 2.61. The Balaban J connectivity index is 1.28. The van der Waals surface area contributed by atoms with Gasteiger partial charge in [-0.2, -0.15) is 13.8 Å². The number of hydrogen-bond donors (Lipinski definition) is 1. The lowest BCUT2D eigenvalue weighted by Crippen LogP contribution is -2.53. The Kier molecular flexibility index (Phi) is 7.72. The number of amides is 1. The van der Waals surface area contributed by atoms with Gasteiger partial charge in [0.05, 0.1) is 12.1 Å². The van der Waals surface area contributed by atoms with Crippen molar-refractivity contribution in [3.63, 3.8) is 0 Å². The van der Waals surface area contributed by atoms with Crippen molar-refractivity contribution >= 4 is 11.6 Å². The highest BCUT2D eigenvalue weighted by atomic mass is 19.3. The Labute approximate surface area is 202 Å². The van der Waals surface area contributed by atoms with E-state index in [1.54, 1.807) is 0 Å². The van der Waals surface area contributed by atoms with Crippen molar-refractivity contribution in [3.8, 4) is 17.1 Å². The molecule has 1 fully saturated rings. The molecule has 186 valence electrons. The summed E-state index contributed by atoms with van der Waals surface area (Å²) in [6.45, 7) is 5.96. The summed E-state index contributed by atoms with van der Waals surface area (Å²) < 4.78 is 34.4. The fourth-order valence-corrected chi connectivity index (χ4v) is 4.03. The molecule has 3 aromatic rings. The van der Waals surface area contributed by atoms with Gasteiger partial charge < -0.3 is 14.6 Å². The number of aryl methyl sites for hydroxylation is 1. The van der Waals surface area contributed by atoms with Gasteiger partial charge >= 0.3 is 6.61 Å². The molecule has 0 aliphatic carbocycles. The number of halogens is 2. The predicted molar refractivity (Wildman–Crippen MR) is 127 cm³/mol. The second-order valence-corrected chi connectivity index (χ2v) is 8.64. The zero-order valence-electron chi connectivity index (χ0n) is 19.9. The monoisotopic (exact) mass is 485 g/mol. The maximum atomic E-state index is 12.7. The SMILES string of the molecule is Cc1ccc(-c2noc([C@@H](C)N3CCN([C@H](C)C(=O)Nc4ccc(OC(F)F)cc4)CC3)n2)cc1. The van der Waals surface area contributed by atoms with Gasteiger partial charge in [-0.05, 0) is 45.0 Å². The van der Waals surface area contributed by atoms with Gasteiger partial charge in [0, 0.05) is 37.4 Å². The van der Waals surface area contributed by atoms with E-state index in [0.717, 1.165) is 18.7 Å². The van der Waals surface area contributed by atoms with Crippen LogP contribution >= 0.6 is 0 Å². The van der Waals surface area contributed by atoms with Crippen molar-refractivity contribution in [1.29, 1.82) is 0 Å². The number of aromatic nitrogens is 2.